The fourth-order valence-corrected chi connectivity index (χ4v) is 3.35. The van der Waals surface area contributed by atoms with E-state index in [1.54, 1.807) is 0 Å². The van der Waals surface area contributed by atoms with Crippen LogP contribution in [0.2, 0.25) is 0 Å². The summed E-state index contributed by atoms with van der Waals surface area (Å²) in [4.78, 5) is 14.7. The maximum absolute atomic E-state index is 12.4. The minimum absolute atomic E-state index is 0.0225. The number of benzene rings is 2. The molecule has 2 aliphatic rings. The molecule has 28 heavy (non-hydrogen) atoms. The van der Waals surface area contributed by atoms with E-state index < -0.39 is 0 Å². The van der Waals surface area contributed by atoms with Crippen molar-refractivity contribution < 1.29 is 19.0 Å². The van der Waals surface area contributed by atoms with E-state index in [1.807, 2.05) is 42.5 Å². The lowest BCUT2D eigenvalue weighted by molar-refractivity contribution is -0.115. The Kier molecular flexibility index (Phi) is 5.82. The van der Waals surface area contributed by atoms with Crippen molar-refractivity contribution >= 4 is 23.0 Å². The fourth-order valence-electron chi connectivity index (χ4n) is 3.35. The summed E-state index contributed by atoms with van der Waals surface area (Å²) in [6.07, 6.45) is 0.367. The summed E-state index contributed by atoms with van der Waals surface area (Å²) in [5.74, 6) is 1.47. The third-order valence-electron chi connectivity index (χ3n) is 4.75. The molecule has 148 valence electrons. The molecule has 4 rings (SSSR count). The van der Waals surface area contributed by atoms with Gasteiger partial charge in [0.2, 0.25) is 5.91 Å². The van der Waals surface area contributed by atoms with Crippen LogP contribution in [0.25, 0.3) is 0 Å². The second-order valence-corrected chi connectivity index (χ2v) is 6.70. The Morgan fingerprint density at radius 3 is 2.61 bits per heavy atom. The molecule has 2 N–H and O–H groups in total. The Labute approximate surface area is 164 Å². The largest absolute Gasteiger partial charge is 0.486 e. The van der Waals surface area contributed by atoms with Crippen LogP contribution in [0.1, 0.15) is 6.42 Å². The number of hydrogen-bond donors (Lipinski definition) is 2. The highest BCUT2D eigenvalue weighted by atomic mass is 16.6. The summed E-state index contributed by atoms with van der Waals surface area (Å²) in [6.45, 7) is 4.75. The summed E-state index contributed by atoms with van der Waals surface area (Å²) < 4.78 is 16.5. The summed E-state index contributed by atoms with van der Waals surface area (Å²) in [6, 6.07) is 13.6. The number of carbonyl (C=O) groups is 1. The van der Waals surface area contributed by atoms with Gasteiger partial charge in [-0.1, -0.05) is 12.1 Å². The number of hydrogen-bond acceptors (Lipinski definition) is 6. The monoisotopic (exact) mass is 383 g/mol. The highest BCUT2D eigenvalue weighted by Gasteiger charge is 2.16. The van der Waals surface area contributed by atoms with Gasteiger partial charge in [0, 0.05) is 37.8 Å². The van der Waals surface area contributed by atoms with Gasteiger partial charge in [-0.3, -0.25) is 4.79 Å². The van der Waals surface area contributed by atoms with Crippen molar-refractivity contribution in [2.75, 3.05) is 61.6 Å². The zero-order valence-electron chi connectivity index (χ0n) is 15.8. The number of nitrogens with one attached hydrogen (secondary N) is 2. The number of anilines is 3. The Morgan fingerprint density at radius 2 is 1.75 bits per heavy atom. The van der Waals surface area contributed by atoms with Crippen LogP contribution in [-0.2, 0) is 9.53 Å². The number of ether oxygens (including phenoxy) is 3. The van der Waals surface area contributed by atoms with Crippen LogP contribution in [-0.4, -0.2) is 52.0 Å². The number of carbonyl (C=O) groups excluding carboxylic acids is 1. The van der Waals surface area contributed by atoms with Crippen molar-refractivity contribution in [3.63, 3.8) is 0 Å². The average molecular weight is 383 g/mol. The molecule has 7 nitrogen and oxygen atoms in total. The molecular formula is C21H25N3O4. The normalized spacial score (nSPS) is 15.8. The molecule has 1 fully saturated rings. The van der Waals surface area contributed by atoms with Crippen molar-refractivity contribution in [3.05, 3.63) is 42.5 Å². The van der Waals surface area contributed by atoms with Gasteiger partial charge in [0.25, 0.3) is 0 Å². The van der Waals surface area contributed by atoms with Crippen LogP contribution in [0, 0.1) is 0 Å². The molecule has 0 radical (unpaired) electrons. The third-order valence-corrected chi connectivity index (χ3v) is 4.75. The topological polar surface area (TPSA) is 72.1 Å². The highest BCUT2D eigenvalue weighted by molar-refractivity contribution is 5.94. The van der Waals surface area contributed by atoms with E-state index in [1.165, 1.54) is 0 Å². The molecule has 0 saturated carbocycles. The van der Waals surface area contributed by atoms with Gasteiger partial charge in [0.1, 0.15) is 13.2 Å². The van der Waals surface area contributed by atoms with Crippen molar-refractivity contribution in [1.29, 1.82) is 0 Å². The van der Waals surface area contributed by atoms with E-state index in [9.17, 15) is 4.79 Å². The number of nitrogens with zero attached hydrogens (tertiary/aromatic N) is 1. The molecule has 0 aliphatic carbocycles. The Balaban J connectivity index is 1.30. The molecule has 0 aromatic heterocycles. The van der Waals surface area contributed by atoms with Gasteiger partial charge in [-0.15, -0.1) is 0 Å². The lowest BCUT2D eigenvalue weighted by Crippen LogP contribution is -2.36. The smallest absolute Gasteiger partial charge is 0.226 e. The zero-order chi connectivity index (χ0) is 19.2. The maximum atomic E-state index is 12.4. The van der Waals surface area contributed by atoms with Gasteiger partial charge in [0.05, 0.1) is 24.6 Å². The number of amides is 1. The summed E-state index contributed by atoms with van der Waals surface area (Å²) in [5.41, 5.74) is 2.79. The minimum atomic E-state index is -0.0225. The van der Waals surface area contributed by atoms with Crippen LogP contribution in [0.5, 0.6) is 11.5 Å². The van der Waals surface area contributed by atoms with E-state index in [4.69, 9.17) is 14.2 Å². The fraction of sp³-hybridized carbons (Fsp3) is 0.381. The van der Waals surface area contributed by atoms with Gasteiger partial charge in [0.15, 0.2) is 11.5 Å². The molecule has 7 heteroatoms. The van der Waals surface area contributed by atoms with E-state index in [2.05, 4.69) is 15.5 Å². The van der Waals surface area contributed by atoms with Crippen LogP contribution >= 0.6 is 0 Å². The Bertz CT molecular complexity index is 821. The third kappa shape index (κ3) is 4.48. The van der Waals surface area contributed by atoms with Crippen LogP contribution < -0.4 is 25.0 Å². The predicted octanol–water partition coefficient (Wildman–Crippen LogP) is 2.74. The maximum Gasteiger partial charge on any atom is 0.226 e. The Morgan fingerprint density at radius 1 is 0.964 bits per heavy atom. The lowest BCUT2D eigenvalue weighted by Gasteiger charge is -2.30. The summed E-state index contributed by atoms with van der Waals surface area (Å²) in [7, 11) is 0. The molecule has 0 atom stereocenters. The standard InChI is InChI=1S/C21H25N3O4/c25-21(7-8-22-16-5-6-19-20(15-16)28-14-13-27-19)23-17-3-1-2-4-18(17)24-9-11-26-12-10-24/h1-6,15,22H,7-14H2,(H,23,25). The number of para-hydroxylation sites is 2. The second kappa shape index (κ2) is 8.84. The molecule has 1 saturated heterocycles. The molecule has 0 bridgehead atoms. The van der Waals surface area contributed by atoms with Crippen molar-refractivity contribution in [2.24, 2.45) is 0 Å². The highest BCUT2D eigenvalue weighted by Crippen LogP contribution is 2.32. The van der Waals surface area contributed by atoms with Crippen molar-refractivity contribution in [2.45, 2.75) is 6.42 Å². The first-order valence-electron chi connectivity index (χ1n) is 9.65. The first-order chi connectivity index (χ1) is 13.8. The molecule has 1 amide bonds. The SMILES string of the molecule is O=C(CCNc1ccc2c(c1)OCCO2)Nc1ccccc1N1CCOCC1. The first-order valence-corrected chi connectivity index (χ1v) is 9.65. The molecule has 2 aromatic carbocycles. The zero-order valence-corrected chi connectivity index (χ0v) is 15.8. The van der Waals surface area contributed by atoms with Gasteiger partial charge in [-0.2, -0.15) is 0 Å². The Hall–Kier alpha value is -2.93. The second-order valence-electron chi connectivity index (χ2n) is 6.70. The predicted molar refractivity (Wildman–Crippen MR) is 109 cm³/mol. The van der Waals surface area contributed by atoms with Crippen molar-refractivity contribution in [1.82, 2.24) is 0 Å². The van der Waals surface area contributed by atoms with Crippen molar-refractivity contribution in [3.8, 4) is 11.5 Å². The number of morpholine rings is 1. The van der Waals surface area contributed by atoms with Crippen LogP contribution in [0.4, 0.5) is 17.1 Å². The summed E-state index contributed by atoms with van der Waals surface area (Å²) >= 11 is 0. The molecule has 0 unspecified atom stereocenters. The van der Waals surface area contributed by atoms with E-state index in [-0.39, 0.29) is 5.91 Å². The number of rotatable bonds is 6. The molecule has 0 spiro atoms. The quantitative estimate of drug-likeness (QED) is 0.799. The van der Waals surface area contributed by atoms with Crippen LogP contribution in [0.3, 0.4) is 0 Å². The molecule has 2 aromatic rings. The van der Waals surface area contributed by atoms with Crippen LogP contribution in [0.15, 0.2) is 42.5 Å². The summed E-state index contributed by atoms with van der Waals surface area (Å²) in [5, 5.41) is 6.30. The molecule has 2 aliphatic heterocycles. The number of fused-ring (bicyclic) bond motifs is 1. The van der Waals surface area contributed by atoms with E-state index >= 15 is 0 Å². The molecular weight excluding hydrogens is 358 g/mol. The van der Waals surface area contributed by atoms with Gasteiger partial charge >= 0.3 is 0 Å². The molecule has 2 heterocycles. The average Bonchev–Trinajstić information content (AvgIpc) is 2.75. The van der Waals surface area contributed by atoms with E-state index in [0.29, 0.717) is 39.4 Å². The van der Waals surface area contributed by atoms with E-state index in [0.717, 1.165) is 41.7 Å². The first kappa shape index (κ1) is 18.4. The lowest BCUT2D eigenvalue weighted by atomic mass is 10.2. The van der Waals surface area contributed by atoms with Gasteiger partial charge < -0.3 is 29.7 Å². The minimum Gasteiger partial charge on any atom is -0.486 e. The van der Waals surface area contributed by atoms with Gasteiger partial charge in [-0.25, -0.2) is 0 Å². The van der Waals surface area contributed by atoms with Gasteiger partial charge in [-0.05, 0) is 24.3 Å².